The van der Waals surface area contributed by atoms with Crippen molar-refractivity contribution in [1.29, 1.82) is 0 Å². The van der Waals surface area contributed by atoms with Crippen LogP contribution in [-0.2, 0) is 14.3 Å². The van der Waals surface area contributed by atoms with Crippen LogP contribution in [0, 0.1) is 11.7 Å². The molecule has 0 N–H and O–H groups in total. The molecular weight excluding hydrogens is 429 g/mol. The second-order valence-electron chi connectivity index (χ2n) is 8.34. The fraction of sp³-hybridized carbons (Fsp3) is 0.346. The van der Waals surface area contributed by atoms with E-state index in [0.717, 1.165) is 5.56 Å². The molecule has 1 unspecified atom stereocenters. The van der Waals surface area contributed by atoms with Crippen molar-refractivity contribution in [2.75, 3.05) is 6.61 Å². The van der Waals surface area contributed by atoms with Gasteiger partial charge in [-0.15, -0.1) is 0 Å². The first kappa shape index (κ1) is 22.4. The summed E-state index contributed by atoms with van der Waals surface area (Å²) in [6.07, 6.45) is 1.49. The molecule has 0 saturated heterocycles. The Balaban J connectivity index is 1.79. The molecule has 0 aromatic heterocycles. The van der Waals surface area contributed by atoms with E-state index < -0.39 is 23.6 Å². The quantitative estimate of drug-likeness (QED) is 0.521. The highest BCUT2D eigenvalue weighted by Crippen LogP contribution is 2.47. The van der Waals surface area contributed by atoms with Crippen molar-refractivity contribution in [3.05, 3.63) is 81.8 Å². The van der Waals surface area contributed by atoms with Crippen LogP contribution in [0.4, 0.5) is 4.39 Å². The van der Waals surface area contributed by atoms with Crippen LogP contribution >= 0.6 is 11.6 Å². The third-order valence-corrected chi connectivity index (χ3v) is 6.42. The minimum atomic E-state index is -0.826. The number of ether oxygens (including phenoxy) is 1. The van der Waals surface area contributed by atoms with Crippen LogP contribution in [0.2, 0.25) is 5.02 Å². The van der Waals surface area contributed by atoms with Gasteiger partial charge < -0.3 is 4.74 Å². The second-order valence-corrected chi connectivity index (χ2v) is 8.77. The Morgan fingerprint density at radius 1 is 1.16 bits per heavy atom. The minimum Gasteiger partial charge on any atom is -0.465 e. The van der Waals surface area contributed by atoms with Gasteiger partial charge in [0.1, 0.15) is 11.7 Å². The van der Waals surface area contributed by atoms with Crippen molar-refractivity contribution in [2.24, 2.45) is 10.9 Å². The van der Waals surface area contributed by atoms with Crippen LogP contribution < -0.4 is 0 Å². The van der Waals surface area contributed by atoms with E-state index in [9.17, 15) is 14.0 Å². The third-order valence-electron chi connectivity index (χ3n) is 6.17. The number of Topliss-reactive ketones (excluding diaryl/α,β-unsaturated/α-hetero) is 1. The number of ketones is 1. The number of carbonyl (C=O) groups excluding carboxylic acids is 2. The molecule has 1 heterocycles. The molecule has 32 heavy (non-hydrogen) atoms. The number of allylic oxidation sites excluding steroid dienone is 2. The maximum atomic E-state index is 14.9. The van der Waals surface area contributed by atoms with Gasteiger partial charge in [-0.2, -0.15) is 0 Å². The molecule has 0 spiro atoms. The molecule has 0 radical (unpaired) electrons. The zero-order valence-electron chi connectivity index (χ0n) is 18.1. The Hall–Kier alpha value is -2.79. The normalized spacial score (nSPS) is 22.9. The molecule has 2 aromatic rings. The molecule has 1 aliphatic heterocycles. The SMILES string of the molecule is CCCOC(=O)C1C(C)=NC2=C(C(=O)C[C@@H](c3ccc(Cl)cc3)C2)[C@@H]1c1ccccc1F. The summed E-state index contributed by atoms with van der Waals surface area (Å²) >= 11 is 6.02. The van der Waals surface area contributed by atoms with Crippen LogP contribution in [0.15, 0.2) is 64.8 Å². The summed E-state index contributed by atoms with van der Waals surface area (Å²) in [4.78, 5) is 31.1. The minimum absolute atomic E-state index is 0.0417. The van der Waals surface area contributed by atoms with E-state index in [-0.39, 0.29) is 24.7 Å². The summed E-state index contributed by atoms with van der Waals surface area (Å²) in [6.45, 7) is 3.93. The van der Waals surface area contributed by atoms with E-state index in [1.165, 1.54) is 6.07 Å². The van der Waals surface area contributed by atoms with E-state index in [2.05, 4.69) is 0 Å². The lowest BCUT2D eigenvalue weighted by Crippen LogP contribution is -2.38. The molecule has 2 aromatic carbocycles. The molecule has 4 rings (SSSR count). The topological polar surface area (TPSA) is 55.7 Å². The van der Waals surface area contributed by atoms with E-state index in [0.29, 0.717) is 40.4 Å². The Labute approximate surface area is 192 Å². The number of halogens is 2. The van der Waals surface area contributed by atoms with Crippen LogP contribution in [-0.4, -0.2) is 24.1 Å². The molecule has 6 heteroatoms. The van der Waals surface area contributed by atoms with E-state index in [1.54, 1.807) is 25.1 Å². The lowest BCUT2D eigenvalue weighted by atomic mass is 9.69. The fourth-order valence-electron chi connectivity index (χ4n) is 4.69. The van der Waals surface area contributed by atoms with Gasteiger partial charge in [0, 0.05) is 34.3 Å². The fourth-order valence-corrected chi connectivity index (χ4v) is 4.82. The van der Waals surface area contributed by atoms with Crippen molar-refractivity contribution in [2.45, 2.75) is 44.9 Å². The predicted molar refractivity (Wildman–Crippen MR) is 122 cm³/mol. The lowest BCUT2D eigenvalue weighted by Gasteiger charge is -2.36. The van der Waals surface area contributed by atoms with Crippen LogP contribution in [0.5, 0.6) is 0 Å². The molecule has 4 nitrogen and oxygen atoms in total. The van der Waals surface area contributed by atoms with Gasteiger partial charge in [-0.1, -0.05) is 48.9 Å². The molecule has 166 valence electrons. The highest BCUT2D eigenvalue weighted by atomic mass is 35.5. The molecular formula is C26H25ClFNO3. The monoisotopic (exact) mass is 453 g/mol. The number of aliphatic imine (C=N–C) groups is 1. The van der Waals surface area contributed by atoms with Gasteiger partial charge in [-0.3, -0.25) is 14.6 Å². The highest BCUT2D eigenvalue weighted by Gasteiger charge is 2.45. The van der Waals surface area contributed by atoms with Crippen molar-refractivity contribution >= 4 is 29.1 Å². The summed E-state index contributed by atoms with van der Waals surface area (Å²) in [7, 11) is 0. The number of esters is 1. The van der Waals surface area contributed by atoms with Gasteiger partial charge in [0.15, 0.2) is 5.78 Å². The number of benzene rings is 2. The van der Waals surface area contributed by atoms with E-state index in [1.807, 2.05) is 31.2 Å². The zero-order chi connectivity index (χ0) is 22.8. The van der Waals surface area contributed by atoms with E-state index >= 15 is 0 Å². The molecule has 2 aliphatic rings. The van der Waals surface area contributed by atoms with Gasteiger partial charge in [-0.05, 0) is 55.0 Å². The number of hydrogen-bond donors (Lipinski definition) is 0. The first-order valence-corrected chi connectivity index (χ1v) is 11.3. The molecule has 0 saturated carbocycles. The van der Waals surface area contributed by atoms with Gasteiger partial charge >= 0.3 is 5.97 Å². The van der Waals surface area contributed by atoms with Gasteiger partial charge in [0.25, 0.3) is 0 Å². The first-order chi connectivity index (χ1) is 15.4. The summed E-state index contributed by atoms with van der Waals surface area (Å²) in [6, 6.07) is 13.8. The number of carbonyl (C=O) groups is 2. The lowest BCUT2D eigenvalue weighted by molar-refractivity contribution is -0.146. The third kappa shape index (κ3) is 4.26. The van der Waals surface area contributed by atoms with Crippen molar-refractivity contribution in [3.8, 4) is 0 Å². The van der Waals surface area contributed by atoms with Crippen LogP contribution in [0.25, 0.3) is 0 Å². The second kappa shape index (κ2) is 9.37. The van der Waals surface area contributed by atoms with Gasteiger partial charge in [0.05, 0.1) is 6.61 Å². The Bertz CT molecular complexity index is 1110. The highest BCUT2D eigenvalue weighted by molar-refractivity contribution is 6.30. The molecule has 3 atom stereocenters. The Morgan fingerprint density at radius 2 is 1.88 bits per heavy atom. The summed E-state index contributed by atoms with van der Waals surface area (Å²) < 4.78 is 20.3. The predicted octanol–water partition coefficient (Wildman–Crippen LogP) is 6.01. The zero-order valence-corrected chi connectivity index (χ0v) is 18.9. The number of nitrogens with zero attached hydrogens (tertiary/aromatic N) is 1. The van der Waals surface area contributed by atoms with Crippen molar-refractivity contribution in [1.82, 2.24) is 0 Å². The summed E-state index contributed by atoms with van der Waals surface area (Å²) in [5, 5.41) is 0.635. The molecule has 0 amide bonds. The average molecular weight is 454 g/mol. The Kier molecular flexibility index (Phi) is 6.56. The smallest absolute Gasteiger partial charge is 0.315 e. The van der Waals surface area contributed by atoms with Crippen molar-refractivity contribution < 1.29 is 18.7 Å². The summed E-state index contributed by atoms with van der Waals surface area (Å²) in [5.74, 6) is -2.63. The standard InChI is InChI=1S/C26H25ClFNO3/c1-3-12-32-26(31)23-15(2)29-21-13-17(16-8-10-18(27)11-9-16)14-22(30)25(21)24(23)19-6-4-5-7-20(19)28/h4-11,17,23-24H,3,12-14H2,1-2H3/t17-,23?,24+/m0/s1. The largest absolute Gasteiger partial charge is 0.465 e. The maximum absolute atomic E-state index is 14.9. The van der Waals surface area contributed by atoms with Crippen LogP contribution in [0.3, 0.4) is 0 Å². The van der Waals surface area contributed by atoms with Crippen LogP contribution in [0.1, 0.15) is 56.1 Å². The van der Waals surface area contributed by atoms with Crippen molar-refractivity contribution in [3.63, 3.8) is 0 Å². The summed E-state index contributed by atoms with van der Waals surface area (Å²) in [5.41, 5.74) is 2.94. The first-order valence-electron chi connectivity index (χ1n) is 10.9. The number of rotatable bonds is 5. The van der Waals surface area contributed by atoms with Gasteiger partial charge in [0.2, 0.25) is 0 Å². The maximum Gasteiger partial charge on any atom is 0.315 e. The average Bonchev–Trinajstić information content (AvgIpc) is 2.77. The molecule has 0 bridgehead atoms. The van der Waals surface area contributed by atoms with E-state index in [4.69, 9.17) is 21.3 Å². The Morgan fingerprint density at radius 3 is 2.56 bits per heavy atom. The number of hydrogen-bond acceptors (Lipinski definition) is 4. The molecule has 1 aliphatic carbocycles. The van der Waals surface area contributed by atoms with Gasteiger partial charge in [-0.25, -0.2) is 4.39 Å². The molecule has 0 fully saturated rings.